The summed E-state index contributed by atoms with van der Waals surface area (Å²) in [5.74, 6) is 0.830. The average Bonchev–Trinajstić information content (AvgIpc) is 2.92. The molecule has 92 valence electrons. The van der Waals surface area contributed by atoms with Crippen molar-refractivity contribution in [2.24, 2.45) is 0 Å². The maximum atomic E-state index is 5.26. The summed E-state index contributed by atoms with van der Waals surface area (Å²) >= 11 is 5.26. The molecule has 18 heavy (non-hydrogen) atoms. The van der Waals surface area contributed by atoms with Gasteiger partial charge in [0.05, 0.1) is 17.3 Å². The third kappa shape index (κ3) is 1.57. The zero-order chi connectivity index (χ0) is 12.7. The molecule has 0 atom stereocenters. The van der Waals surface area contributed by atoms with Crippen LogP contribution in [-0.2, 0) is 0 Å². The molecule has 0 amide bonds. The molecular weight excluding hydrogens is 246 g/mol. The molecule has 0 aromatic carbocycles. The summed E-state index contributed by atoms with van der Waals surface area (Å²) in [6, 6.07) is 6.21. The number of aromatic amines is 1. The molecule has 5 nitrogen and oxygen atoms in total. The van der Waals surface area contributed by atoms with Gasteiger partial charge in [-0.05, 0) is 38.2 Å². The lowest BCUT2D eigenvalue weighted by Gasteiger charge is -2.09. The third-order valence-corrected chi connectivity index (χ3v) is 3.18. The zero-order valence-electron chi connectivity index (χ0n) is 10.2. The van der Waals surface area contributed by atoms with Crippen LogP contribution in [0, 0.1) is 4.77 Å². The second-order valence-corrected chi connectivity index (χ2v) is 4.79. The molecule has 0 fully saturated rings. The molecule has 3 aromatic rings. The van der Waals surface area contributed by atoms with Crippen molar-refractivity contribution in [1.82, 2.24) is 24.4 Å². The third-order valence-electron chi connectivity index (χ3n) is 2.89. The van der Waals surface area contributed by atoms with Crippen molar-refractivity contribution in [2.75, 3.05) is 0 Å². The molecule has 0 unspecified atom stereocenters. The van der Waals surface area contributed by atoms with Crippen molar-refractivity contribution in [2.45, 2.75) is 19.9 Å². The van der Waals surface area contributed by atoms with Crippen molar-refractivity contribution in [3.8, 4) is 11.4 Å². The van der Waals surface area contributed by atoms with Crippen LogP contribution in [0.3, 0.4) is 0 Å². The Bertz CT molecular complexity index is 749. The van der Waals surface area contributed by atoms with Crippen molar-refractivity contribution in [3.05, 3.63) is 35.4 Å². The number of pyridine rings is 1. The number of fused-ring (bicyclic) bond motifs is 1. The minimum Gasteiger partial charge on any atom is -0.297 e. The van der Waals surface area contributed by atoms with Gasteiger partial charge in [0.2, 0.25) is 0 Å². The van der Waals surface area contributed by atoms with E-state index in [1.807, 2.05) is 39.7 Å². The van der Waals surface area contributed by atoms with E-state index >= 15 is 0 Å². The van der Waals surface area contributed by atoms with Gasteiger partial charge < -0.3 is 0 Å². The van der Waals surface area contributed by atoms with Gasteiger partial charge in [0.25, 0.3) is 0 Å². The molecule has 0 bridgehead atoms. The number of aromatic nitrogens is 5. The van der Waals surface area contributed by atoms with Crippen LogP contribution in [0.15, 0.2) is 30.6 Å². The van der Waals surface area contributed by atoms with E-state index in [-0.39, 0.29) is 6.04 Å². The summed E-state index contributed by atoms with van der Waals surface area (Å²) in [5, 5.41) is 11.5. The molecule has 3 rings (SSSR count). The Balaban J connectivity index is 2.30. The molecule has 1 N–H and O–H groups in total. The van der Waals surface area contributed by atoms with E-state index in [1.54, 1.807) is 0 Å². The fourth-order valence-electron chi connectivity index (χ4n) is 2.08. The summed E-state index contributed by atoms with van der Waals surface area (Å²) in [6.07, 6.45) is 3.74. The molecular formula is C12H13N5S. The largest absolute Gasteiger partial charge is 0.297 e. The van der Waals surface area contributed by atoms with Gasteiger partial charge in [-0.1, -0.05) is 6.07 Å². The van der Waals surface area contributed by atoms with E-state index < -0.39 is 0 Å². The van der Waals surface area contributed by atoms with Crippen LogP contribution >= 0.6 is 12.2 Å². The van der Waals surface area contributed by atoms with Crippen molar-refractivity contribution in [3.63, 3.8) is 0 Å². The summed E-state index contributed by atoms with van der Waals surface area (Å²) in [6.45, 7) is 4.17. The standard InChI is InChI=1S/C12H13N5S/c1-8(2)17-11(14-15-12(17)18)9-7-13-16-6-4-3-5-10(9)16/h3-8H,1-2H3,(H,15,18). The Morgan fingerprint density at radius 2 is 2.17 bits per heavy atom. The van der Waals surface area contributed by atoms with Crippen molar-refractivity contribution < 1.29 is 0 Å². The quantitative estimate of drug-likeness (QED) is 0.720. The number of H-pyrrole nitrogens is 1. The maximum absolute atomic E-state index is 5.26. The van der Waals surface area contributed by atoms with Gasteiger partial charge in [0.1, 0.15) is 0 Å². The van der Waals surface area contributed by atoms with Crippen molar-refractivity contribution >= 4 is 17.7 Å². The number of hydrogen-bond acceptors (Lipinski definition) is 3. The molecule has 0 aliphatic carbocycles. The van der Waals surface area contributed by atoms with Crippen molar-refractivity contribution in [1.29, 1.82) is 0 Å². The second-order valence-electron chi connectivity index (χ2n) is 4.40. The zero-order valence-corrected chi connectivity index (χ0v) is 11.0. The first-order chi connectivity index (χ1) is 8.68. The highest BCUT2D eigenvalue weighted by atomic mass is 32.1. The first-order valence-corrected chi connectivity index (χ1v) is 6.19. The molecule has 0 spiro atoms. The van der Waals surface area contributed by atoms with E-state index in [0.717, 1.165) is 16.9 Å². The van der Waals surface area contributed by atoms with Crippen LogP contribution in [0.4, 0.5) is 0 Å². The Hall–Kier alpha value is -1.95. The molecule has 0 saturated heterocycles. The topological polar surface area (TPSA) is 50.9 Å². The Labute approximate surface area is 109 Å². The average molecular weight is 259 g/mol. The van der Waals surface area contributed by atoms with Gasteiger partial charge in [-0.15, -0.1) is 0 Å². The Morgan fingerprint density at radius 1 is 1.33 bits per heavy atom. The van der Waals surface area contributed by atoms with E-state index in [0.29, 0.717) is 4.77 Å². The predicted molar refractivity (Wildman–Crippen MR) is 72.0 cm³/mol. The summed E-state index contributed by atoms with van der Waals surface area (Å²) in [5.41, 5.74) is 2.00. The van der Waals surface area contributed by atoms with E-state index in [1.165, 1.54) is 0 Å². The van der Waals surface area contributed by atoms with Crippen LogP contribution in [-0.4, -0.2) is 24.4 Å². The molecule has 3 heterocycles. The van der Waals surface area contributed by atoms with E-state index in [2.05, 4.69) is 29.1 Å². The lowest BCUT2D eigenvalue weighted by atomic mass is 10.2. The maximum Gasteiger partial charge on any atom is 0.195 e. The normalized spacial score (nSPS) is 11.5. The summed E-state index contributed by atoms with van der Waals surface area (Å²) in [4.78, 5) is 0. The second kappa shape index (κ2) is 4.06. The van der Waals surface area contributed by atoms with Crippen LogP contribution in [0.25, 0.3) is 16.9 Å². The highest BCUT2D eigenvalue weighted by molar-refractivity contribution is 7.71. The molecule has 0 radical (unpaired) electrons. The van der Waals surface area contributed by atoms with Gasteiger partial charge in [-0.25, -0.2) is 4.52 Å². The van der Waals surface area contributed by atoms with Crippen LogP contribution in [0.1, 0.15) is 19.9 Å². The number of nitrogens with zero attached hydrogens (tertiary/aromatic N) is 4. The molecule has 0 aliphatic heterocycles. The highest BCUT2D eigenvalue weighted by Gasteiger charge is 2.15. The Kier molecular flexibility index (Phi) is 2.52. The smallest absolute Gasteiger partial charge is 0.195 e. The van der Waals surface area contributed by atoms with E-state index in [9.17, 15) is 0 Å². The first kappa shape index (κ1) is 11.2. The van der Waals surface area contributed by atoms with Gasteiger partial charge in [-0.2, -0.15) is 10.2 Å². The predicted octanol–water partition coefficient (Wildman–Crippen LogP) is 2.84. The molecule has 0 aliphatic rings. The SMILES string of the molecule is CC(C)n1c(-c2cnn3ccccc23)n[nH]c1=S. The van der Waals surface area contributed by atoms with E-state index in [4.69, 9.17) is 12.2 Å². The van der Waals surface area contributed by atoms with Gasteiger partial charge in [0, 0.05) is 12.2 Å². The highest BCUT2D eigenvalue weighted by Crippen LogP contribution is 2.24. The number of hydrogen-bond donors (Lipinski definition) is 1. The molecule has 6 heteroatoms. The van der Waals surface area contributed by atoms with Gasteiger partial charge in [-0.3, -0.25) is 9.67 Å². The van der Waals surface area contributed by atoms with Gasteiger partial charge in [0.15, 0.2) is 10.6 Å². The minimum absolute atomic E-state index is 0.255. The first-order valence-electron chi connectivity index (χ1n) is 5.78. The van der Waals surface area contributed by atoms with Gasteiger partial charge >= 0.3 is 0 Å². The molecule has 3 aromatic heterocycles. The summed E-state index contributed by atoms with van der Waals surface area (Å²) < 4.78 is 4.46. The van der Waals surface area contributed by atoms with Crippen LogP contribution < -0.4 is 0 Å². The number of nitrogens with one attached hydrogen (secondary N) is 1. The number of rotatable bonds is 2. The Morgan fingerprint density at radius 3 is 2.94 bits per heavy atom. The lowest BCUT2D eigenvalue weighted by Crippen LogP contribution is -2.03. The summed E-state index contributed by atoms with van der Waals surface area (Å²) in [7, 11) is 0. The van der Waals surface area contributed by atoms with Crippen LogP contribution in [0.2, 0.25) is 0 Å². The fraction of sp³-hybridized carbons (Fsp3) is 0.250. The van der Waals surface area contributed by atoms with Crippen LogP contribution in [0.5, 0.6) is 0 Å². The molecule has 0 saturated carbocycles. The lowest BCUT2D eigenvalue weighted by molar-refractivity contribution is 0.597. The minimum atomic E-state index is 0.255. The monoisotopic (exact) mass is 259 g/mol. The fourth-order valence-corrected chi connectivity index (χ4v) is 2.42.